The van der Waals surface area contributed by atoms with Crippen molar-refractivity contribution in [1.29, 1.82) is 0 Å². The van der Waals surface area contributed by atoms with E-state index in [1.807, 2.05) is 42.5 Å². The molecule has 0 saturated carbocycles. The number of nitrogens with zero attached hydrogens (tertiary/aromatic N) is 4. The van der Waals surface area contributed by atoms with E-state index < -0.39 is 0 Å². The first-order valence-electron chi connectivity index (χ1n) is 25.2. The molecule has 75 heavy (non-hydrogen) atoms. The molecular weight excluding hydrogens is 917 g/mol. The van der Waals surface area contributed by atoms with Gasteiger partial charge in [-0.3, -0.25) is 0 Å². The summed E-state index contributed by atoms with van der Waals surface area (Å²) in [5, 5.41) is 6.60. The summed E-state index contributed by atoms with van der Waals surface area (Å²) >= 11 is 0. The van der Waals surface area contributed by atoms with Crippen LogP contribution in [-0.4, -0.2) is 19.5 Å². The van der Waals surface area contributed by atoms with Crippen LogP contribution in [0.25, 0.3) is 150 Å². The van der Waals surface area contributed by atoms with E-state index in [4.69, 9.17) is 23.8 Å². The minimum atomic E-state index is 0.543. The minimum Gasteiger partial charge on any atom is -0.456 e. The van der Waals surface area contributed by atoms with Gasteiger partial charge < -0.3 is 13.4 Å². The Morgan fingerprint density at radius 3 is 1.51 bits per heavy atom. The van der Waals surface area contributed by atoms with Gasteiger partial charge in [0.05, 0.1) is 16.6 Å². The molecule has 0 saturated heterocycles. The molecule has 0 fully saturated rings. The predicted molar refractivity (Wildman–Crippen MR) is 307 cm³/mol. The summed E-state index contributed by atoms with van der Waals surface area (Å²) in [5.74, 6) is 1.73. The topological polar surface area (TPSA) is 69.9 Å². The molecule has 350 valence electrons. The average Bonchev–Trinajstić information content (AvgIpc) is 4.17. The van der Waals surface area contributed by atoms with Gasteiger partial charge in [-0.05, 0) is 93.5 Å². The molecule has 0 amide bonds. The van der Waals surface area contributed by atoms with Gasteiger partial charge in [-0.2, -0.15) is 0 Å². The molecule has 6 heteroatoms. The van der Waals surface area contributed by atoms with E-state index in [0.717, 1.165) is 111 Å². The van der Waals surface area contributed by atoms with E-state index in [0.29, 0.717) is 17.5 Å². The highest BCUT2D eigenvalue weighted by atomic mass is 16.3. The van der Waals surface area contributed by atoms with Crippen LogP contribution in [0.4, 0.5) is 0 Å². The SMILES string of the molecule is c1ccc(-c2ccc(-c3nc(-c4ccccc4)nc(-c4cccc5c4oc4c(-c6cccc(-c7ccc8oc9cc(-n%10c%11ccccc%11c%11cc(-c%12ccccc%12)ccc%11%10)ccc9c8c7)c6)cccc45)n3)cc2)cc1. The highest BCUT2D eigenvalue weighted by molar-refractivity contribution is 6.14. The molecule has 0 unspecified atom stereocenters. The summed E-state index contributed by atoms with van der Waals surface area (Å²) in [7, 11) is 0. The number of hydrogen-bond acceptors (Lipinski definition) is 5. The summed E-state index contributed by atoms with van der Waals surface area (Å²) in [4.78, 5) is 15.3. The normalized spacial score (nSPS) is 11.7. The maximum Gasteiger partial charge on any atom is 0.167 e. The van der Waals surface area contributed by atoms with Gasteiger partial charge >= 0.3 is 0 Å². The molecule has 0 aliphatic carbocycles. The van der Waals surface area contributed by atoms with Gasteiger partial charge in [-0.25, -0.2) is 15.0 Å². The largest absolute Gasteiger partial charge is 0.456 e. The third kappa shape index (κ3) is 7.22. The first-order chi connectivity index (χ1) is 37.1. The molecule has 4 aromatic heterocycles. The zero-order valence-electron chi connectivity index (χ0n) is 40.4. The van der Waals surface area contributed by atoms with Gasteiger partial charge in [-0.15, -0.1) is 0 Å². The van der Waals surface area contributed by atoms with Crippen molar-refractivity contribution >= 4 is 65.7 Å². The second-order valence-corrected chi connectivity index (χ2v) is 19.1. The lowest BCUT2D eigenvalue weighted by Gasteiger charge is -2.09. The van der Waals surface area contributed by atoms with E-state index in [1.54, 1.807) is 0 Å². The molecule has 6 nitrogen and oxygen atoms in total. The average molecular weight is 959 g/mol. The van der Waals surface area contributed by atoms with Crippen LogP contribution in [0, 0.1) is 0 Å². The molecule has 0 aliphatic rings. The minimum absolute atomic E-state index is 0.543. The van der Waals surface area contributed by atoms with Crippen LogP contribution in [0.2, 0.25) is 0 Å². The lowest BCUT2D eigenvalue weighted by Crippen LogP contribution is -2.00. The van der Waals surface area contributed by atoms with Crippen LogP contribution in [0.3, 0.4) is 0 Å². The quantitative estimate of drug-likeness (QED) is 0.152. The van der Waals surface area contributed by atoms with Gasteiger partial charge in [-0.1, -0.05) is 194 Å². The van der Waals surface area contributed by atoms with E-state index in [9.17, 15) is 0 Å². The van der Waals surface area contributed by atoms with Gasteiger partial charge in [0, 0.05) is 60.8 Å². The lowest BCUT2D eigenvalue weighted by atomic mass is 9.97. The number of furan rings is 2. The Morgan fingerprint density at radius 1 is 0.253 bits per heavy atom. The first-order valence-corrected chi connectivity index (χ1v) is 25.2. The molecule has 0 radical (unpaired) electrons. The fourth-order valence-electron chi connectivity index (χ4n) is 11.0. The van der Waals surface area contributed by atoms with E-state index >= 15 is 0 Å². The van der Waals surface area contributed by atoms with Crippen LogP contribution < -0.4 is 0 Å². The number of aromatic nitrogens is 4. The summed E-state index contributed by atoms with van der Waals surface area (Å²) < 4.78 is 16.0. The second kappa shape index (κ2) is 17.3. The lowest BCUT2D eigenvalue weighted by molar-refractivity contribution is 0.668. The Kier molecular flexibility index (Phi) is 9.78. The molecule has 4 heterocycles. The molecule has 15 rings (SSSR count). The second-order valence-electron chi connectivity index (χ2n) is 19.1. The van der Waals surface area contributed by atoms with Gasteiger partial charge in [0.1, 0.15) is 22.3 Å². The third-order valence-electron chi connectivity index (χ3n) is 14.7. The Hall–Kier alpha value is -10.2. The predicted octanol–water partition coefficient (Wildman–Crippen LogP) is 18.4. The third-order valence-corrected chi connectivity index (χ3v) is 14.7. The van der Waals surface area contributed by atoms with Crippen molar-refractivity contribution in [3.8, 4) is 84.4 Å². The van der Waals surface area contributed by atoms with Crippen molar-refractivity contribution in [2.75, 3.05) is 0 Å². The summed E-state index contributed by atoms with van der Waals surface area (Å²) in [6, 6.07) is 89.3. The fraction of sp³-hybridized carbons (Fsp3) is 0. The van der Waals surface area contributed by atoms with Crippen LogP contribution in [0.5, 0.6) is 0 Å². The van der Waals surface area contributed by atoms with Crippen LogP contribution in [0.1, 0.15) is 0 Å². The Labute approximate surface area is 431 Å². The number of para-hydroxylation sites is 3. The number of hydrogen-bond donors (Lipinski definition) is 0. The molecule has 11 aromatic carbocycles. The number of rotatable bonds is 8. The Morgan fingerprint density at radius 2 is 0.747 bits per heavy atom. The molecule has 0 atom stereocenters. The summed E-state index contributed by atoms with van der Waals surface area (Å²) in [6.07, 6.45) is 0. The van der Waals surface area contributed by atoms with E-state index in [2.05, 4.69) is 217 Å². The van der Waals surface area contributed by atoms with Crippen LogP contribution in [0.15, 0.2) is 264 Å². The van der Waals surface area contributed by atoms with Gasteiger partial charge in [0.15, 0.2) is 17.5 Å². The number of benzene rings is 11. The van der Waals surface area contributed by atoms with Crippen molar-refractivity contribution in [3.05, 3.63) is 255 Å². The van der Waals surface area contributed by atoms with Crippen molar-refractivity contribution < 1.29 is 8.83 Å². The Balaban J connectivity index is 0.791. The summed E-state index contributed by atoms with van der Waals surface area (Å²) in [5.41, 5.74) is 18.1. The highest BCUT2D eigenvalue weighted by Gasteiger charge is 2.21. The van der Waals surface area contributed by atoms with Crippen molar-refractivity contribution in [2.24, 2.45) is 0 Å². The van der Waals surface area contributed by atoms with Gasteiger partial charge in [0.2, 0.25) is 0 Å². The molecular formula is C69H42N4O2. The monoisotopic (exact) mass is 958 g/mol. The maximum atomic E-state index is 7.01. The van der Waals surface area contributed by atoms with Crippen LogP contribution >= 0.6 is 0 Å². The van der Waals surface area contributed by atoms with Crippen molar-refractivity contribution in [3.63, 3.8) is 0 Å². The van der Waals surface area contributed by atoms with Crippen molar-refractivity contribution in [1.82, 2.24) is 19.5 Å². The molecule has 0 N–H and O–H groups in total. The molecule has 0 spiro atoms. The first kappa shape index (κ1) is 42.5. The Bertz CT molecular complexity index is 4690. The standard InChI is InChI=1S/C69H42N4O2/c1-4-15-43(16-5-1)45-29-31-47(32-30-45)68-70-67(46-19-8-3-9-20-46)71-69(72-68)58-27-14-26-57-56-25-13-24-53(65(56)75-66(57)58)51-22-12-21-48(39-51)50-34-38-63-60(41-50)55-36-35-52(42-64(55)74-63)73-61-28-11-10-23-54(61)59-40-49(33-37-62(59)73)44-17-6-2-7-18-44/h1-42H. The zero-order valence-corrected chi connectivity index (χ0v) is 40.4. The van der Waals surface area contributed by atoms with Crippen LogP contribution in [-0.2, 0) is 0 Å². The van der Waals surface area contributed by atoms with Gasteiger partial charge in [0.25, 0.3) is 0 Å². The van der Waals surface area contributed by atoms with E-state index in [1.165, 1.54) is 21.9 Å². The van der Waals surface area contributed by atoms with E-state index in [-0.39, 0.29) is 0 Å². The molecule has 0 bridgehead atoms. The highest BCUT2D eigenvalue weighted by Crippen LogP contribution is 2.42. The number of fused-ring (bicyclic) bond motifs is 9. The molecule has 0 aliphatic heterocycles. The molecule has 15 aromatic rings. The fourth-order valence-corrected chi connectivity index (χ4v) is 11.0. The summed E-state index contributed by atoms with van der Waals surface area (Å²) in [6.45, 7) is 0. The maximum absolute atomic E-state index is 7.01. The van der Waals surface area contributed by atoms with Crippen molar-refractivity contribution in [2.45, 2.75) is 0 Å². The smallest absolute Gasteiger partial charge is 0.167 e. The zero-order chi connectivity index (χ0) is 49.4.